The van der Waals surface area contributed by atoms with Crippen LogP contribution in [-0.2, 0) is 4.74 Å². The van der Waals surface area contributed by atoms with Gasteiger partial charge in [-0.05, 0) is 56.5 Å². The molecule has 0 bridgehead atoms. The van der Waals surface area contributed by atoms with E-state index in [-0.39, 0.29) is 12.0 Å². The van der Waals surface area contributed by atoms with E-state index >= 15 is 0 Å². The summed E-state index contributed by atoms with van der Waals surface area (Å²) in [5, 5.41) is 10.6. The Hall–Kier alpha value is -1.24. The third-order valence-corrected chi connectivity index (χ3v) is 7.05. The van der Waals surface area contributed by atoms with Crippen molar-refractivity contribution in [1.29, 1.82) is 0 Å². The molecule has 0 aromatic heterocycles. The fraction of sp³-hybridized carbons (Fsp3) is 0.652. The maximum Gasteiger partial charge on any atom is 0.0863 e. The number of likely N-dealkylation sites (tertiary alicyclic amines) is 1. The lowest BCUT2D eigenvalue weighted by Crippen LogP contribution is -2.39. The Morgan fingerprint density at radius 1 is 1.29 bits per heavy atom. The van der Waals surface area contributed by atoms with Gasteiger partial charge in [0.2, 0.25) is 0 Å². The minimum atomic E-state index is -0.836. The van der Waals surface area contributed by atoms with E-state index in [1.54, 1.807) is 0 Å². The van der Waals surface area contributed by atoms with Crippen molar-refractivity contribution in [3.63, 3.8) is 0 Å². The molecule has 5 aliphatic rings. The van der Waals surface area contributed by atoms with Crippen molar-refractivity contribution in [2.24, 2.45) is 11.7 Å². The first-order valence-electron chi connectivity index (χ1n) is 10.8. The van der Waals surface area contributed by atoms with Crippen LogP contribution < -0.4 is 5.73 Å². The molecule has 152 valence electrons. The van der Waals surface area contributed by atoms with E-state index in [0.717, 1.165) is 44.7 Å². The van der Waals surface area contributed by atoms with Gasteiger partial charge in [0.15, 0.2) is 0 Å². The van der Waals surface area contributed by atoms with Gasteiger partial charge < -0.3 is 15.6 Å². The van der Waals surface area contributed by atoms with Crippen LogP contribution in [0.3, 0.4) is 0 Å². The Morgan fingerprint density at radius 3 is 2.82 bits per heavy atom. The van der Waals surface area contributed by atoms with Crippen LogP contribution in [0, 0.1) is 5.92 Å². The second-order valence-corrected chi connectivity index (χ2v) is 9.56. The Morgan fingerprint density at radius 2 is 2.07 bits per heavy atom. The summed E-state index contributed by atoms with van der Waals surface area (Å²) < 4.78 is 6.35. The van der Waals surface area contributed by atoms with Gasteiger partial charge in [0.05, 0.1) is 24.4 Å². The lowest BCUT2D eigenvalue weighted by molar-refractivity contribution is 0.0555. The number of nitrogens with two attached hydrogens (primary N) is 1. The Balaban J connectivity index is 1.46. The van der Waals surface area contributed by atoms with E-state index < -0.39 is 5.60 Å². The molecule has 1 aliphatic carbocycles. The minimum absolute atomic E-state index is 0.0528. The quantitative estimate of drug-likeness (QED) is 0.725. The molecule has 3 N–H and O–H groups in total. The van der Waals surface area contributed by atoms with E-state index in [1.165, 1.54) is 17.7 Å². The average Bonchev–Trinajstić information content (AvgIpc) is 3.37. The maximum atomic E-state index is 10.6. The Kier molecular flexibility index (Phi) is 4.64. The van der Waals surface area contributed by atoms with Crippen molar-refractivity contribution in [3.05, 3.63) is 47.1 Å². The van der Waals surface area contributed by atoms with Crippen molar-refractivity contribution in [2.75, 3.05) is 32.8 Å². The van der Waals surface area contributed by atoms with E-state index in [1.807, 2.05) is 19.9 Å². The standard InChI is InChI=1S/C23H33N3O2/c1-23(2,27)15-3-4-22-20(11-15)18(7-10-25-8-5-16(24)6-9-25)19-12-17-13-26(17)21(19)14-28-22/h3-4,7,11-12,16-17,20-22,27H,5-6,8-10,13-14,24H2,1-2H3/b18-7+. The van der Waals surface area contributed by atoms with Gasteiger partial charge in [0, 0.05) is 31.1 Å². The van der Waals surface area contributed by atoms with Gasteiger partial charge in [-0.3, -0.25) is 9.80 Å². The zero-order valence-electron chi connectivity index (χ0n) is 17.1. The first-order valence-corrected chi connectivity index (χ1v) is 10.8. The number of ether oxygens (including phenoxy) is 1. The van der Waals surface area contributed by atoms with Gasteiger partial charge in [-0.15, -0.1) is 0 Å². The predicted octanol–water partition coefficient (Wildman–Crippen LogP) is 1.61. The second-order valence-electron chi connectivity index (χ2n) is 9.56. The zero-order valence-corrected chi connectivity index (χ0v) is 17.1. The smallest absolute Gasteiger partial charge is 0.0863 e. The molecule has 3 saturated heterocycles. The average molecular weight is 384 g/mol. The number of fused-ring (bicyclic) bond motifs is 4. The number of aliphatic hydroxyl groups is 1. The van der Waals surface area contributed by atoms with Gasteiger partial charge in [-0.1, -0.05) is 30.4 Å². The van der Waals surface area contributed by atoms with E-state index in [0.29, 0.717) is 18.1 Å². The maximum absolute atomic E-state index is 10.6. The molecule has 5 unspecified atom stereocenters. The van der Waals surface area contributed by atoms with E-state index in [9.17, 15) is 5.11 Å². The highest BCUT2D eigenvalue weighted by Crippen LogP contribution is 2.45. The summed E-state index contributed by atoms with van der Waals surface area (Å²) in [4.78, 5) is 5.05. The summed E-state index contributed by atoms with van der Waals surface area (Å²) in [6.45, 7) is 8.78. The molecule has 4 aliphatic heterocycles. The number of rotatable bonds is 3. The van der Waals surface area contributed by atoms with Gasteiger partial charge in [0.1, 0.15) is 0 Å². The van der Waals surface area contributed by atoms with Crippen LogP contribution in [0.15, 0.2) is 47.1 Å². The van der Waals surface area contributed by atoms with Crippen LogP contribution in [0.1, 0.15) is 26.7 Å². The fourth-order valence-electron chi connectivity index (χ4n) is 5.15. The highest BCUT2D eigenvalue weighted by atomic mass is 16.5. The monoisotopic (exact) mass is 383 g/mol. The van der Waals surface area contributed by atoms with Crippen LogP contribution in [0.25, 0.3) is 0 Å². The molecule has 4 heterocycles. The summed E-state index contributed by atoms with van der Waals surface area (Å²) in [5.74, 6) is 0.174. The van der Waals surface area contributed by atoms with E-state index in [4.69, 9.17) is 10.5 Å². The predicted molar refractivity (Wildman–Crippen MR) is 111 cm³/mol. The minimum Gasteiger partial charge on any atom is -0.386 e. The van der Waals surface area contributed by atoms with Gasteiger partial charge in [-0.2, -0.15) is 0 Å². The van der Waals surface area contributed by atoms with Gasteiger partial charge in [0.25, 0.3) is 0 Å². The Bertz CT molecular complexity index is 752. The SMILES string of the molecule is CC(C)(O)C1=CC2/C(=C/CN3CCC(N)CC3)C3=CC4CN4C3COC2C=C1. The largest absolute Gasteiger partial charge is 0.386 e. The first-order chi connectivity index (χ1) is 13.4. The zero-order chi connectivity index (χ0) is 19.5. The lowest BCUT2D eigenvalue weighted by atomic mass is 9.79. The number of piperidine rings is 1. The molecular weight excluding hydrogens is 350 g/mol. The molecule has 3 fully saturated rings. The van der Waals surface area contributed by atoms with Crippen LogP contribution in [-0.4, -0.2) is 77.5 Å². The summed E-state index contributed by atoms with van der Waals surface area (Å²) in [6, 6.07) is 1.36. The molecule has 0 saturated carbocycles. The number of hydrogen-bond donors (Lipinski definition) is 2. The summed E-state index contributed by atoms with van der Waals surface area (Å²) in [5.41, 5.74) is 9.08. The van der Waals surface area contributed by atoms with Gasteiger partial charge in [-0.25, -0.2) is 0 Å². The van der Waals surface area contributed by atoms with Crippen LogP contribution in [0.2, 0.25) is 0 Å². The van der Waals surface area contributed by atoms with Crippen molar-refractivity contribution < 1.29 is 9.84 Å². The van der Waals surface area contributed by atoms with Crippen LogP contribution in [0.4, 0.5) is 0 Å². The third kappa shape index (κ3) is 3.44. The highest BCUT2D eigenvalue weighted by Gasteiger charge is 2.49. The van der Waals surface area contributed by atoms with Crippen molar-refractivity contribution in [1.82, 2.24) is 9.80 Å². The fourth-order valence-corrected chi connectivity index (χ4v) is 5.15. The normalized spacial score (nSPS) is 39.7. The topological polar surface area (TPSA) is 61.7 Å². The molecule has 5 nitrogen and oxygen atoms in total. The van der Waals surface area contributed by atoms with Crippen LogP contribution in [0.5, 0.6) is 0 Å². The lowest BCUT2D eigenvalue weighted by Gasteiger charge is -2.32. The molecule has 0 spiro atoms. The molecule has 0 amide bonds. The molecular formula is C23H33N3O2. The summed E-state index contributed by atoms with van der Waals surface area (Å²) >= 11 is 0. The molecule has 5 rings (SSSR count). The molecule has 0 aromatic rings. The van der Waals surface area contributed by atoms with E-state index in [2.05, 4.69) is 34.1 Å². The Labute approximate surface area is 168 Å². The second kappa shape index (κ2) is 6.92. The van der Waals surface area contributed by atoms with Crippen LogP contribution >= 0.6 is 0 Å². The molecule has 28 heavy (non-hydrogen) atoms. The van der Waals surface area contributed by atoms with Crippen molar-refractivity contribution in [3.8, 4) is 0 Å². The van der Waals surface area contributed by atoms with Crippen molar-refractivity contribution in [2.45, 2.75) is 56.5 Å². The third-order valence-electron chi connectivity index (χ3n) is 7.05. The van der Waals surface area contributed by atoms with Crippen molar-refractivity contribution >= 4 is 0 Å². The summed E-state index contributed by atoms with van der Waals surface area (Å²) in [7, 11) is 0. The van der Waals surface area contributed by atoms with Gasteiger partial charge >= 0.3 is 0 Å². The molecule has 5 heteroatoms. The molecule has 5 atom stereocenters. The summed E-state index contributed by atoms with van der Waals surface area (Å²) in [6.07, 6.45) is 13.6. The molecule has 0 radical (unpaired) electrons. The first kappa shape index (κ1) is 18.8. The number of hydrogen-bond acceptors (Lipinski definition) is 5. The highest BCUT2D eigenvalue weighted by molar-refractivity contribution is 5.50. The number of nitrogens with zero attached hydrogens (tertiary/aromatic N) is 2. The molecule has 0 aromatic carbocycles.